The van der Waals surface area contributed by atoms with Gasteiger partial charge in [-0.3, -0.25) is 0 Å². The zero-order valence-electron chi connectivity index (χ0n) is 31.1. The Labute approximate surface area is 322 Å². The minimum absolute atomic E-state index is 0.0215. The Hall–Kier alpha value is -6.49. The molecule has 0 N–H and O–H groups in total. The molecule has 0 radical (unpaired) electrons. The van der Waals surface area contributed by atoms with Gasteiger partial charge >= 0.3 is 0 Å². The average Bonchev–Trinajstić information content (AvgIpc) is 3.69. The lowest BCUT2D eigenvalue weighted by Crippen LogP contribution is -2.25. The van der Waals surface area contributed by atoms with E-state index in [0.717, 1.165) is 6.42 Å². The molecule has 260 valence electrons. The van der Waals surface area contributed by atoms with Gasteiger partial charge in [0.2, 0.25) is 0 Å². The summed E-state index contributed by atoms with van der Waals surface area (Å²) < 4.78 is 0. The van der Waals surface area contributed by atoms with Gasteiger partial charge in [-0.2, -0.15) is 5.26 Å². The summed E-state index contributed by atoms with van der Waals surface area (Å²) in [5, 5.41) is 14.6. The van der Waals surface area contributed by atoms with E-state index in [4.69, 9.17) is 0 Å². The van der Waals surface area contributed by atoms with Crippen molar-refractivity contribution in [2.24, 2.45) is 11.8 Å². The smallest absolute Gasteiger partial charge is 0.0700 e. The van der Waals surface area contributed by atoms with Crippen LogP contribution in [-0.2, 0) is 5.41 Å². The molecule has 0 bridgehead atoms. The molecular weight excluding hydrogens is 663 g/mol. The molecule has 0 saturated heterocycles. The SMILES string of the molecule is CC1(C)c2cc(-c3ccc4c5c(cccc35)-c3c-4c(-c4ccccc4)c4ccccc4c3-c3ccccc3)ccc2C2C=CC(C3=CCC(C#N)C=C3)=CC21. The number of nitriles is 1. The normalized spacial score (nSPS) is 19.8. The van der Waals surface area contributed by atoms with Crippen LogP contribution in [0, 0.1) is 23.2 Å². The minimum Gasteiger partial charge on any atom is -0.198 e. The maximum Gasteiger partial charge on any atom is 0.0700 e. The molecule has 3 atom stereocenters. The van der Waals surface area contributed by atoms with Crippen molar-refractivity contribution in [3.8, 4) is 61.7 Å². The molecule has 0 amide bonds. The molecule has 1 heteroatoms. The second-order valence-corrected chi connectivity index (χ2v) is 16.2. The van der Waals surface area contributed by atoms with E-state index in [0.29, 0.717) is 11.8 Å². The van der Waals surface area contributed by atoms with Crippen LogP contribution >= 0.6 is 0 Å². The maximum absolute atomic E-state index is 9.40. The van der Waals surface area contributed by atoms with Gasteiger partial charge in [-0.1, -0.05) is 184 Å². The number of allylic oxidation sites excluding steroid dienone is 8. The molecule has 0 aliphatic heterocycles. The van der Waals surface area contributed by atoms with E-state index in [1.54, 1.807) is 0 Å². The first-order valence-corrected chi connectivity index (χ1v) is 19.6. The van der Waals surface area contributed by atoms with Gasteiger partial charge in [0.1, 0.15) is 0 Å². The van der Waals surface area contributed by atoms with Crippen molar-refractivity contribution in [2.45, 2.75) is 31.6 Å². The van der Waals surface area contributed by atoms with Gasteiger partial charge in [0, 0.05) is 5.92 Å². The summed E-state index contributed by atoms with van der Waals surface area (Å²) in [6.07, 6.45) is 14.4. The van der Waals surface area contributed by atoms with E-state index in [2.05, 4.69) is 190 Å². The number of hydrogen-bond acceptors (Lipinski definition) is 1. The minimum atomic E-state index is -0.0411. The van der Waals surface area contributed by atoms with E-state index in [9.17, 15) is 5.26 Å². The molecule has 3 unspecified atom stereocenters. The molecule has 4 aliphatic carbocycles. The van der Waals surface area contributed by atoms with Crippen molar-refractivity contribution in [2.75, 3.05) is 0 Å². The van der Waals surface area contributed by atoms with Crippen LogP contribution in [-0.4, -0.2) is 0 Å². The first-order chi connectivity index (χ1) is 27.0. The Morgan fingerprint density at radius 1 is 0.564 bits per heavy atom. The highest BCUT2D eigenvalue weighted by Gasteiger charge is 2.45. The van der Waals surface area contributed by atoms with Crippen molar-refractivity contribution in [1.82, 2.24) is 0 Å². The highest BCUT2D eigenvalue weighted by molar-refractivity contribution is 6.28. The highest BCUT2D eigenvalue weighted by Crippen LogP contribution is 2.59. The van der Waals surface area contributed by atoms with Gasteiger partial charge in [0.05, 0.1) is 12.0 Å². The van der Waals surface area contributed by atoms with E-state index < -0.39 is 0 Å². The Morgan fingerprint density at radius 3 is 1.84 bits per heavy atom. The zero-order chi connectivity index (χ0) is 36.8. The fourth-order valence-corrected chi connectivity index (χ4v) is 10.4. The lowest BCUT2D eigenvalue weighted by Gasteiger charge is -2.31. The van der Waals surface area contributed by atoms with Crippen LogP contribution in [0.15, 0.2) is 181 Å². The lowest BCUT2D eigenvalue weighted by molar-refractivity contribution is 0.393. The molecule has 55 heavy (non-hydrogen) atoms. The van der Waals surface area contributed by atoms with Gasteiger partial charge in [-0.15, -0.1) is 0 Å². The number of rotatable bonds is 4. The molecule has 0 spiro atoms. The summed E-state index contributed by atoms with van der Waals surface area (Å²) >= 11 is 0. The lowest BCUT2D eigenvalue weighted by atomic mass is 9.72. The van der Waals surface area contributed by atoms with Crippen LogP contribution in [0.5, 0.6) is 0 Å². The van der Waals surface area contributed by atoms with Gasteiger partial charge < -0.3 is 0 Å². The summed E-state index contributed by atoms with van der Waals surface area (Å²) in [7, 11) is 0. The van der Waals surface area contributed by atoms with Gasteiger partial charge in [0.15, 0.2) is 0 Å². The summed E-state index contributed by atoms with van der Waals surface area (Å²) in [5.74, 6) is 0.698. The molecule has 0 fully saturated rings. The topological polar surface area (TPSA) is 23.8 Å². The van der Waals surface area contributed by atoms with Crippen molar-refractivity contribution >= 4 is 21.5 Å². The highest BCUT2D eigenvalue weighted by atomic mass is 14.5. The second kappa shape index (κ2) is 12.0. The van der Waals surface area contributed by atoms with E-state index >= 15 is 0 Å². The van der Waals surface area contributed by atoms with Crippen LogP contribution in [0.4, 0.5) is 0 Å². The van der Waals surface area contributed by atoms with Crippen molar-refractivity contribution in [3.63, 3.8) is 0 Å². The monoisotopic (exact) mass is 701 g/mol. The summed E-state index contributed by atoms with van der Waals surface area (Å²) in [5.41, 5.74) is 18.3. The first-order valence-electron chi connectivity index (χ1n) is 19.6. The van der Waals surface area contributed by atoms with E-state index in [-0.39, 0.29) is 11.3 Å². The third kappa shape index (κ3) is 4.65. The Morgan fingerprint density at radius 2 is 1.18 bits per heavy atom. The molecule has 0 aromatic heterocycles. The first kappa shape index (κ1) is 32.0. The standard InChI is InChI=1S/C54H39N/c1-54(2)47-30-37(34-22-20-33(32-55)21-23-34)24-26-40(47)41-27-25-38(31-48(41)54)39-28-29-46-51-42(39)18-11-19-45(51)52-49(35-12-5-3-6-13-35)43-16-9-10-17-44(43)50(53(46)52)36-14-7-4-8-15-36/h3-20,22-31,33,40,47H,21H2,1-2H3. The third-order valence-electron chi connectivity index (χ3n) is 13.0. The van der Waals surface area contributed by atoms with Crippen molar-refractivity contribution in [1.29, 1.82) is 5.26 Å². The fraction of sp³-hybridized carbons (Fsp3) is 0.130. The molecule has 7 aromatic carbocycles. The Bertz CT molecular complexity index is 2840. The zero-order valence-corrected chi connectivity index (χ0v) is 31.1. The number of nitrogens with zero attached hydrogens (tertiary/aromatic N) is 1. The van der Waals surface area contributed by atoms with Crippen molar-refractivity contribution in [3.05, 3.63) is 192 Å². The van der Waals surface area contributed by atoms with Crippen LogP contribution in [0.3, 0.4) is 0 Å². The predicted octanol–water partition coefficient (Wildman–Crippen LogP) is 14.2. The molecule has 0 heterocycles. The van der Waals surface area contributed by atoms with Gasteiger partial charge in [-0.05, 0) is 117 Å². The number of benzene rings is 7. The summed E-state index contributed by atoms with van der Waals surface area (Å²) in [6.45, 7) is 4.85. The third-order valence-corrected chi connectivity index (χ3v) is 13.0. The van der Waals surface area contributed by atoms with Crippen molar-refractivity contribution < 1.29 is 0 Å². The molecule has 4 aliphatic rings. The Balaban J connectivity index is 1.09. The van der Waals surface area contributed by atoms with Gasteiger partial charge in [-0.25, -0.2) is 0 Å². The quantitative estimate of drug-likeness (QED) is 0.179. The average molecular weight is 702 g/mol. The van der Waals surface area contributed by atoms with E-state index in [1.807, 2.05) is 0 Å². The van der Waals surface area contributed by atoms with Crippen LogP contribution in [0.25, 0.3) is 77.2 Å². The van der Waals surface area contributed by atoms with E-state index in [1.165, 1.54) is 99.5 Å². The Kier molecular flexibility index (Phi) is 6.98. The molecule has 11 rings (SSSR count). The maximum atomic E-state index is 9.40. The molecule has 1 nitrogen and oxygen atoms in total. The van der Waals surface area contributed by atoms with Crippen LogP contribution in [0.1, 0.15) is 37.3 Å². The molecular formula is C54H39N. The second-order valence-electron chi connectivity index (χ2n) is 16.2. The number of fused-ring (bicyclic) bond motifs is 7. The molecule has 0 saturated carbocycles. The van der Waals surface area contributed by atoms with Crippen LogP contribution < -0.4 is 0 Å². The molecule has 7 aromatic rings. The predicted molar refractivity (Wildman–Crippen MR) is 230 cm³/mol. The number of hydrogen-bond donors (Lipinski definition) is 0. The summed E-state index contributed by atoms with van der Waals surface area (Å²) in [4.78, 5) is 0. The van der Waals surface area contributed by atoms with Crippen LogP contribution in [0.2, 0.25) is 0 Å². The largest absolute Gasteiger partial charge is 0.198 e. The fourth-order valence-electron chi connectivity index (χ4n) is 10.4. The van der Waals surface area contributed by atoms with Gasteiger partial charge in [0.25, 0.3) is 0 Å². The summed E-state index contributed by atoms with van der Waals surface area (Å²) in [6, 6.07) is 52.3.